The van der Waals surface area contributed by atoms with Crippen LogP contribution in [0.5, 0.6) is 0 Å². The third kappa shape index (κ3) is 2.27. The molecule has 102 valence electrons. The number of rotatable bonds is 2. The van der Waals surface area contributed by atoms with Crippen molar-refractivity contribution in [3.05, 3.63) is 29.1 Å². The molecule has 3 heteroatoms. The molecule has 1 saturated heterocycles. The van der Waals surface area contributed by atoms with Gasteiger partial charge in [0.25, 0.3) is 0 Å². The van der Waals surface area contributed by atoms with Crippen LogP contribution in [0.2, 0.25) is 0 Å². The molecule has 0 saturated carbocycles. The maximum atomic E-state index is 4.91. The van der Waals surface area contributed by atoms with Gasteiger partial charge in [0.1, 0.15) is 5.82 Å². The van der Waals surface area contributed by atoms with E-state index in [1.54, 1.807) is 0 Å². The molecule has 3 rings (SSSR count). The van der Waals surface area contributed by atoms with Crippen LogP contribution in [-0.4, -0.2) is 22.6 Å². The number of hydrogen-bond donors (Lipinski definition) is 1. The summed E-state index contributed by atoms with van der Waals surface area (Å²) in [5.74, 6) is 2.04. The van der Waals surface area contributed by atoms with Crippen molar-refractivity contribution in [3.8, 4) is 0 Å². The lowest BCUT2D eigenvalue weighted by atomic mass is 9.94. The molecule has 2 aromatic rings. The highest BCUT2D eigenvalue weighted by Gasteiger charge is 2.18. The molecular formula is C16H23N3. The molecule has 0 amide bonds. The maximum Gasteiger partial charge on any atom is 0.109 e. The standard InChI is InChI=1S/C16H23N3/c1-11-4-5-14-16(12(11)2)18-15(19(14)3)10-13-6-8-17-9-7-13/h4-5,13,17H,6-10H2,1-3H3. The first-order valence-corrected chi connectivity index (χ1v) is 7.29. The van der Waals surface area contributed by atoms with Crippen LogP contribution in [0.25, 0.3) is 11.0 Å². The predicted octanol–water partition coefficient (Wildman–Crippen LogP) is 2.73. The molecular weight excluding hydrogens is 234 g/mol. The average molecular weight is 257 g/mol. The number of piperidine rings is 1. The minimum Gasteiger partial charge on any atom is -0.331 e. The molecule has 0 bridgehead atoms. The van der Waals surface area contributed by atoms with Gasteiger partial charge in [-0.3, -0.25) is 0 Å². The first kappa shape index (κ1) is 12.7. The second-order valence-corrected chi connectivity index (χ2v) is 5.86. The molecule has 1 N–H and O–H groups in total. The largest absolute Gasteiger partial charge is 0.331 e. The summed E-state index contributed by atoms with van der Waals surface area (Å²) in [7, 11) is 2.15. The van der Waals surface area contributed by atoms with Crippen molar-refractivity contribution in [1.82, 2.24) is 14.9 Å². The Labute approximate surface area is 115 Å². The van der Waals surface area contributed by atoms with E-state index in [9.17, 15) is 0 Å². The highest BCUT2D eigenvalue weighted by molar-refractivity contribution is 5.80. The molecule has 1 aromatic carbocycles. The average Bonchev–Trinajstić information content (AvgIpc) is 2.73. The van der Waals surface area contributed by atoms with Crippen LogP contribution in [0.4, 0.5) is 0 Å². The summed E-state index contributed by atoms with van der Waals surface area (Å²) in [6.45, 7) is 6.66. The van der Waals surface area contributed by atoms with Gasteiger partial charge in [-0.15, -0.1) is 0 Å². The number of aromatic nitrogens is 2. The van der Waals surface area contributed by atoms with Gasteiger partial charge >= 0.3 is 0 Å². The zero-order valence-electron chi connectivity index (χ0n) is 12.2. The lowest BCUT2D eigenvalue weighted by Gasteiger charge is -2.22. The van der Waals surface area contributed by atoms with E-state index in [-0.39, 0.29) is 0 Å². The Morgan fingerprint density at radius 3 is 2.74 bits per heavy atom. The monoisotopic (exact) mass is 257 g/mol. The smallest absolute Gasteiger partial charge is 0.109 e. The first-order chi connectivity index (χ1) is 9.16. The van der Waals surface area contributed by atoms with Crippen molar-refractivity contribution >= 4 is 11.0 Å². The number of fused-ring (bicyclic) bond motifs is 1. The summed E-state index contributed by atoms with van der Waals surface area (Å²) in [5, 5.41) is 3.43. The lowest BCUT2D eigenvalue weighted by molar-refractivity contribution is 0.365. The molecule has 19 heavy (non-hydrogen) atoms. The van der Waals surface area contributed by atoms with Crippen molar-refractivity contribution in [2.45, 2.75) is 33.1 Å². The van der Waals surface area contributed by atoms with E-state index >= 15 is 0 Å². The Morgan fingerprint density at radius 1 is 1.26 bits per heavy atom. The van der Waals surface area contributed by atoms with Crippen molar-refractivity contribution < 1.29 is 0 Å². The van der Waals surface area contributed by atoms with Crippen molar-refractivity contribution in [2.24, 2.45) is 13.0 Å². The molecule has 0 unspecified atom stereocenters. The molecule has 1 aliphatic heterocycles. The molecule has 3 nitrogen and oxygen atoms in total. The Hall–Kier alpha value is -1.35. The summed E-state index contributed by atoms with van der Waals surface area (Å²) >= 11 is 0. The van der Waals surface area contributed by atoms with Crippen molar-refractivity contribution in [2.75, 3.05) is 13.1 Å². The molecule has 0 atom stereocenters. The van der Waals surface area contributed by atoms with Gasteiger partial charge in [0.15, 0.2) is 0 Å². The Balaban J connectivity index is 1.95. The van der Waals surface area contributed by atoms with Gasteiger partial charge in [0, 0.05) is 13.5 Å². The molecule has 1 aromatic heterocycles. The molecule has 1 fully saturated rings. The van der Waals surface area contributed by atoms with Crippen LogP contribution in [0.1, 0.15) is 29.8 Å². The second-order valence-electron chi connectivity index (χ2n) is 5.86. The van der Waals surface area contributed by atoms with Gasteiger partial charge < -0.3 is 9.88 Å². The zero-order chi connectivity index (χ0) is 13.4. The number of nitrogens with one attached hydrogen (secondary N) is 1. The van der Waals surface area contributed by atoms with E-state index in [0.717, 1.165) is 25.4 Å². The summed E-state index contributed by atoms with van der Waals surface area (Å²) in [6.07, 6.45) is 3.67. The van der Waals surface area contributed by atoms with E-state index in [1.165, 1.54) is 40.8 Å². The predicted molar refractivity (Wildman–Crippen MR) is 79.5 cm³/mol. The van der Waals surface area contributed by atoms with Crippen LogP contribution in [-0.2, 0) is 13.5 Å². The van der Waals surface area contributed by atoms with Gasteiger partial charge in [0.2, 0.25) is 0 Å². The molecule has 2 heterocycles. The third-order valence-corrected chi connectivity index (χ3v) is 4.60. The van der Waals surface area contributed by atoms with Crippen LogP contribution < -0.4 is 5.32 Å². The number of benzene rings is 1. The summed E-state index contributed by atoms with van der Waals surface area (Å²) in [5.41, 5.74) is 5.11. The molecule has 1 aliphatic rings. The van der Waals surface area contributed by atoms with E-state index in [2.05, 4.69) is 42.9 Å². The number of nitrogens with zero attached hydrogens (tertiary/aromatic N) is 2. The summed E-state index contributed by atoms with van der Waals surface area (Å²) < 4.78 is 2.28. The van der Waals surface area contributed by atoms with E-state index in [1.807, 2.05) is 0 Å². The van der Waals surface area contributed by atoms with E-state index in [0.29, 0.717) is 0 Å². The Morgan fingerprint density at radius 2 is 2.00 bits per heavy atom. The Kier molecular flexibility index (Phi) is 3.31. The highest BCUT2D eigenvalue weighted by atomic mass is 15.1. The number of aryl methyl sites for hydroxylation is 3. The SMILES string of the molecule is Cc1ccc2c(nc(CC3CCNCC3)n2C)c1C. The molecule has 0 spiro atoms. The van der Waals surface area contributed by atoms with Crippen LogP contribution in [0, 0.1) is 19.8 Å². The van der Waals surface area contributed by atoms with Gasteiger partial charge in [-0.25, -0.2) is 4.98 Å². The minimum absolute atomic E-state index is 0.790. The van der Waals surface area contributed by atoms with Crippen LogP contribution in [0.3, 0.4) is 0 Å². The van der Waals surface area contributed by atoms with Crippen LogP contribution in [0.15, 0.2) is 12.1 Å². The summed E-state index contributed by atoms with van der Waals surface area (Å²) in [4.78, 5) is 4.91. The van der Waals surface area contributed by atoms with Crippen LogP contribution >= 0.6 is 0 Å². The van der Waals surface area contributed by atoms with Gasteiger partial charge in [-0.2, -0.15) is 0 Å². The lowest BCUT2D eigenvalue weighted by Crippen LogP contribution is -2.29. The van der Waals surface area contributed by atoms with Gasteiger partial charge in [-0.05, 0) is 62.9 Å². The minimum atomic E-state index is 0.790. The fourth-order valence-electron chi connectivity index (χ4n) is 3.07. The van der Waals surface area contributed by atoms with E-state index in [4.69, 9.17) is 4.98 Å². The fourth-order valence-corrected chi connectivity index (χ4v) is 3.07. The summed E-state index contributed by atoms with van der Waals surface area (Å²) in [6, 6.07) is 4.41. The molecule has 0 radical (unpaired) electrons. The quantitative estimate of drug-likeness (QED) is 0.896. The van der Waals surface area contributed by atoms with Crippen molar-refractivity contribution in [3.63, 3.8) is 0 Å². The Bertz CT molecular complexity index is 592. The molecule has 0 aliphatic carbocycles. The highest BCUT2D eigenvalue weighted by Crippen LogP contribution is 2.24. The normalized spacial score (nSPS) is 17.2. The number of imidazole rings is 1. The second kappa shape index (κ2) is 4.97. The van der Waals surface area contributed by atoms with Gasteiger partial charge in [0.05, 0.1) is 11.0 Å². The van der Waals surface area contributed by atoms with Crippen molar-refractivity contribution in [1.29, 1.82) is 0 Å². The maximum absolute atomic E-state index is 4.91. The third-order valence-electron chi connectivity index (χ3n) is 4.60. The van der Waals surface area contributed by atoms with E-state index < -0.39 is 0 Å². The first-order valence-electron chi connectivity index (χ1n) is 7.29. The zero-order valence-corrected chi connectivity index (χ0v) is 12.2. The van der Waals surface area contributed by atoms with Gasteiger partial charge in [-0.1, -0.05) is 6.07 Å². The topological polar surface area (TPSA) is 29.9 Å². The fraction of sp³-hybridized carbons (Fsp3) is 0.562. The number of hydrogen-bond acceptors (Lipinski definition) is 2.